The van der Waals surface area contributed by atoms with Gasteiger partial charge in [-0.2, -0.15) is 0 Å². The van der Waals surface area contributed by atoms with Crippen molar-refractivity contribution in [1.29, 1.82) is 0 Å². The first-order chi connectivity index (χ1) is 23.4. The quantitative estimate of drug-likeness (QED) is 0.0768. The summed E-state index contributed by atoms with van der Waals surface area (Å²) in [4.78, 5) is 0. The third-order valence-corrected chi connectivity index (χ3v) is 7.89. The molecular weight excluding hydrogens is 621 g/mol. The van der Waals surface area contributed by atoms with Crippen LogP contribution in [0.25, 0.3) is 0 Å². The zero-order valence-electron chi connectivity index (χ0n) is 30.3. The summed E-state index contributed by atoms with van der Waals surface area (Å²) in [5.41, 5.74) is 42.6. The van der Waals surface area contributed by atoms with Gasteiger partial charge in [0.25, 0.3) is 0 Å². The Hall–Kier alpha value is -5.18. The lowest BCUT2D eigenvalue weighted by molar-refractivity contribution is 0.0248. The van der Waals surface area contributed by atoms with E-state index in [2.05, 4.69) is 62.4 Å². The lowest BCUT2D eigenvalue weighted by Crippen LogP contribution is -2.24. The Balaban J connectivity index is 0.000000246. The number of hydrogen-bond donors (Lipinski definition) is 8. The van der Waals surface area contributed by atoms with Gasteiger partial charge < -0.3 is 44.6 Å². The maximum Gasteiger partial charge on any atom is 0.0616 e. The van der Waals surface area contributed by atoms with E-state index < -0.39 is 11.7 Å². The molecule has 0 amide bonds. The molecule has 268 valence electrons. The smallest absolute Gasteiger partial charge is 0.0616 e. The summed E-state index contributed by atoms with van der Waals surface area (Å²) in [5, 5.41) is 17.8. The molecule has 8 nitrogen and oxygen atoms in total. The van der Waals surface area contributed by atoms with Gasteiger partial charge in [-0.25, -0.2) is 0 Å². The number of anilines is 6. The number of aliphatic hydroxyl groups is 2. The highest BCUT2D eigenvalue weighted by atomic mass is 16.3. The molecule has 0 fully saturated rings. The van der Waals surface area contributed by atoms with Crippen molar-refractivity contribution in [3.8, 4) is 0 Å². The number of aliphatic hydroxyl groups excluding tert-OH is 1. The van der Waals surface area contributed by atoms with E-state index in [-0.39, 0.29) is 5.41 Å². The van der Waals surface area contributed by atoms with Gasteiger partial charge in [-0.3, -0.25) is 0 Å². The monoisotopic (exact) mass is 678 g/mol. The second kappa shape index (κ2) is 19.7. The zero-order chi connectivity index (χ0) is 37.3. The molecule has 8 heteroatoms. The summed E-state index contributed by atoms with van der Waals surface area (Å²) in [7, 11) is 0. The molecule has 0 saturated carbocycles. The minimum Gasteiger partial charge on any atom is -0.399 e. The highest BCUT2D eigenvalue weighted by molar-refractivity contribution is 5.49. The molecule has 0 aliphatic rings. The SMILES string of the molecule is CC(C)(c1ccc(N)cc1)c1ccc(N)cc1.CC(O)CC(C)(C)O.Nc1ccc(CCCc2ccc(N)cc2)cc1.Nc1ccc(N)cc1. The van der Waals surface area contributed by atoms with Gasteiger partial charge in [0, 0.05) is 46.0 Å². The van der Waals surface area contributed by atoms with Crippen LogP contribution in [0.3, 0.4) is 0 Å². The van der Waals surface area contributed by atoms with Gasteiger partial charge in [0.05, 0.1) is 11.7 Å². The molecule has 1 atom stereocenters. The second-order valence-corrected chi connectivity index (χ2v) is 13.7. The Kier molecular flexibility index (Phi) is 16.2. The van der Waals surface area contributed by atoms with E-state index in [0.29, 0.717) is 6.42 Å². The average molecular weight is 679 g/mol. The Morgan fingerprint density at radius 2 is 0.700 bits per heavy atom. The van der Waals surface area contributed by atoms with Crippen LogP contribution in [-0.4, -0.2) is 21.9 Å². The van der Waals surface area contributed by atoms with Gasteiger partial charge in [0.15, 0.2) is 0 Å². The van der Waals surface area contributed by atoms with Crippen molar-refractivity contribution in [3.05, 3.63) is 144 Å². The Labute approximate surface area is 299 Å². The van der Waals surface area contributed by atoms with Crippen molar-refractivity contribution in [2.45, 2.75) is 77.4 Å². The third kappa shape index (κ3) is 16.3. The average Bonchev–Trinajstić information content (AvgIpc) is 3.05. The molecule has 0 saturated heterocycles. The first-order valence-electron chi connectivity index (χ1n) is 16.9. The largest absolute Gasteiger partial charge is 0.399 e. The Morgan fingerprint density at radius 3 is 0.920 bits per heavy atom. The number of benzene rings is 5. The highest BCUT2D eigenvalue weighted by Crippen LogP contribution is 2.32. The second-order valence-electron chi connectivity index (χ2n) is 13.7. The van der Waals surface area contributed by atoms with Crippen LogP contribution in [0.2, 0.25) is 0 Å². The summed E-state index contributed by atoms with van der Waals surface area (Å²) in [6.07, 6.45) is 3.35. The molecule has 0 spiro atoms. The topological polar surface area (TPSA) is 197 Å². The number of nitrogens with two attached hydrogens (primary N) is 6. The summed E-state index contributed by atoms with van der Waals surface area (Å²) in [6.45, 7) is 9.42. The van der Waals surface area contributed by atoms with Gasteiger partial charge in [-0.1, -0.05) is 62.4 Å². The van der Waals surface area contributed by atoms with E-state index in [0.717, 1.165) is 53.4 Å². The molecule has 0 bridgehead atoms. The molecule has 1 unspecified atom stereocenters. The third-order valence-electron chi connectivity index (χ3n) is 7.89. The minimum absolute atomic E-state index is 0.0403. The number of nitrogen functional groups attached to an aromatic ring is 6. The summed E-state index contributed by atoms with van der Waals surface area (Å²) < 4.78 is 0. The summed E-state index contributed by atoms with van der Waals surface area (Å²) in [5.74, 6) is 0. The van der Waals surface area contributed by atoms with Crippen LogP contribution in [-0.2, 0) is 18.3 Å². The predicted octanol–water partition coefficient (Wildman–Crippen LogP) is 7.58. The fraction of sp³-hybridized carbons (Fsp3) is 0.286. The minimum atomic E-state index is -0.728. The van der Waals surface area contributed by atoms with Crippen LogP contribution in [0.4, 0.5) is 34.1 Å². The van der Waals surface area contributed by atoms with Crippen LogP contribution in [0, 0.1) is 0 Å². The van der Waals surface area contributed by atoms with Gasteiger partial charge in [0.2, 0.25) is 0 Å². The van der Waals surface area contributed by atoms with Crippen LogP contribution < -0.4 is 34.4 Å². The molecule has 0 radical (unpaired) electrons. The molecule has 5 aromatic carbocycles. The van der Waals surface area contributed by atoms with E-state index in [1.54, 1.807) is 45.0 Å². The van der Waals surface area contributed by atoms with Crippen LogP contribution in [0.5, 0.6) is 0 Å². The molecule has 0 aliphatic heterocycles. The fourth-order valence-electron chi connectivity index (χ4n) is 5.05. The molecule has 5 aromatic rings. The van der Waals surface area contributed by atoms with Crippen molar-refractivity contribution < 1.29 is 10.2 Å². The van der Waals surface area contributed by atoms with Gasteiger partial charge in [-0.15, -0.1) is 0 Å². The van der Waals surface area contributed by atoms with Crippen molar-refractivity contribution in [2.24, 2.45) is 0 Å². The zero-order valence-corrected chi connectivity index (χ0v) is 30.3. The van der Waals surface area contributed by atoms with E-state index in [4.69, 9.17) is 44.6 Å². The first-order valence-corrected chi connectivity index (χ1v) is 16.9. The van der Waals surface area contributed by atoms with Crippen LogP contribution in [0.1, 0.15) is 69.7 Å². The summed E-state index contributed by atoms with van der Waals surface area (Å²) in [6, 6.07) is 39.4. The van der Waals surface area contributed by atoms with Gasteiger partial charge in [-0.05, 0) is 135 Å². The highest BCUT2D eigenvalue weighted by Gasteiger charge is 2.22. The molecule has 5 rings (SSSR count). The molecule has 0 aromatic heterocycles. The molecular formula is C42H58N6O2. The van der Waals surface area contributed by atoms with Crippen molar-refractivity contribution >= 4 is 34.1 Å². The van der Waals surface area contributed by atoms with Crippen molar-refractivity contribution in [1.82, 2.24) is 0 Å². The van der Waals surface area contributed by atoms with Gasteiger partial charge >= 0.3 is 0 Å². The first kappa shape index (κ1) is 41.0. The lowest BCUT2D eigenvalue weighted by Gasteiger charge is -2.26. The maximum absolute atomic E-state index is 9.03. The lowest BCUT2D eigenvalue weighted by atomic mass is 9.78. The van der Waals surface area contributed by atoms with Crippen molar-refractivity contribution in [2.75, 3.05) is 34.4 Å². The van der Waals surface area contributed by atoms with Gasteiger partial charge in [0.1, 0.15) is 0 Å². The number of aryl methyl sites for hydroxylation is 2. The Bertz CT molecular complexity index is 1530. The van der Waals surface area contributed by atoms with E-state index in [9.17, 15) is 0 Å². The molecule has 50 heavy (non-hydrogen) atoms. The number of rotatable bonds is 8. The summed E-state index contributed by atoms with van der Waals surface area (Å²) >= 11 is 0. The standard InChI is InChI=1S/2C15H18N2.C6H8N2.C6H14O2/c1-15(2,11-3-7-13(16)8-4-11)12-5-9-14(17)10-6-12;16-14-8-4-12(5-9-14)2-1-3-13-6-10-15(17)11-7-13;7-5-1-2-6(8)4-3-5;1-5(7)4-6(2,3)8/h3-10H,16-17H2,1-2H3;4-11H,1-3,16-17H2;1-4H,7-8H2;5,7-8H,4H2,1-3H3. The van der Waals surface area contributed by atoms with E-state index in [1.165, 1.54) is 22.3 Å². The molecule has 0 heterocycles. The number of hydrogen-bond acceptors (Lipinski definition) is 8. The Morgan fingerprint density at radius 1 is 0.460 bits per heavy atom. The van der Waals surface area contributed by atoms with E-state index >= 15 is 0 Å². The van der Waals surface area contributed by atoms with Crippen molar-refractivity contribution in [3.63, 3.8) is 0 Å². The fourth-order valence-corrected chi connectivity index (χ4v) is 5.05. The van der Waals surface area contributed by atoms with Crippen LogP contribution in [0.15, 0.2) is 121 Å². The van der Waals surface area contributed by atoms with Crippen LogP contribution >= 0.6 is 0 Å². The maximum atomic E-state index is 9.03. The van der Waals surface area contributed by atoms with E-state index in [1.807, 2.05) is 48.5 Å². The normalized spacial score (nSPS) is 11.4. The molecule has 14 N–H and O–H groups in total. The predicted molar refractivity (Wildman–Crippen MR) is 215 cm³/mol. The molecule has 0 aliphatic carbocycles.